The Morgan fingerprint density at radius 2 is 2.21 bits per heavy atom. The molecule has 0 saturated carbocycles. The Kier molecular flexibility index (Phi) is 4.61. The molecule has 0 radical (unpaired) electrons. The van der Waals surface area contributed by atoms with Gasteiger partial charge in [0.15, 0.2) is 0 Å². The van der Waals surface area contributed by atoms with E-state index in [1.807, 2.05) is 0 Å². The van der Waals surface area contributed by atoms with Crippen molar-refractivity contribution in [3.63, 3.8) is 0 Å². The number of nitrogens with zero attached hydrogens (tertiary/aromatic N) is 1. The molecule has 1 aliphatic rings. The Labute approximate surface area is 123 Å². The van der Waals surface area contributed by atoms with Crippen LogP contribution in [0.1, 0.15) is 12.8 Å². The van der Waals surface area contributed by atoms with Crippen LogP contribution in [0.4, 0.5) is 0 Å². The van der Waals surface area contributed by atoms with Gasteiger partial charge in [-0.2, -0.15) is 4.31 Å². The first-order chi connectivity index (χ1) is 9.00. The van der Waals surface area contributed by atoms with Gasteiger partial charge in [-0.1, -0.05) is 11.6 Å². The van der Waals surface area contributed by atoms with E-state index in [9.17, 15) is 8.42 Å². The predicted octanol–water partition coefficient (Wildman–Crippen LogP) is 2.74. The van der Waals surface area contributed by atoms with Crippen molar-refractivity contribution < 1.29 is 13.2 Å². The van der Waals surface area contributed by atoms with Crippen molar-refractivity contribution in [3.8, 4) is 5.75 Å². The second-order valence-corrected chi connectivity index (χ2v) is 6.97. The Morgan fingerprint density at radius 3 is 2.84 bits per heavy atom. The summed E-state index contributed by atoms with van der Waals surface area (Å²) in [5, 5.41) is 0.362. The average molecular weight is 324 g/mol. The number of ether oxygens (including phenoxy) is 1. The molecule has 0 spiro atoms. The number of alkyl halides is 1. The molecule has 1 aromatic rings. The summed E-state index contributed by atoms with van der Waals surface area (Å²) in [5.74, 6) is 0.590. The first-order valence-electron chi connectivity index (χ1n) is 5.92. The lowest BCUT2D eigenvalue weighted by molar-refractivity contribution is 0.387. The van der Waals surface area contributed by atoms with Crippen molar-refractivity contribution in [2.24, 2.45) is 0 Å². The van der Waals surface area contributed by atoms with Crippen molar-refractivity contribution in [2.45, 2.75) is 23.8 Å². The van der Waals surface area contributed by atoms with Crippen molar-refractivity contribution >= 4 is 33.2 Å². The zero-order valence-electron chi connectivity index (χ0n) is 10.5. The van der Waals surface area contributed by atoms with Gasteiger partial charge >= 0.3 is 0 Å². The third-order valence-electron chi connectivity index (χ3n) is 3.21. The lowest BCUT2D eigenvalue weighted by Crippen LogP contribution is -2.36. The molecular weight excluding hydrogens is 309 g/mol. The molecule has 0 aliphatic carbocycles. The molecule has 4 nitrogen and oxygen atoms in total. The second kappa shape index (κ2) is 5.87. The number of hydrogen-bond donors (Lipinski definition) is 0. The van der Waals surface area contributed by atoms with Crippen LogP contribution in [0.25, 0.3) is 0 Å². The van der Waals surface area contributed by atoms with Crippen LogP contribution in [0, 0.1) is 0 Å². The average Bonchev–Trinajstić information content (AvgIpc) is 2.87. The Bertz CT molecular complexity index is 562. The van der Waals surface area contributed by atoms with E-state index < -0.39 is 10.0 Å². The van der Waals surface area contributed by atoms with Gasteiger partial charge in [0.05, 0.1) is 7.11 Å². The minimum Gasteiger partial charge on any atom is -0.495 e. The van der Waals surface area contributed by atoms with Gasteiger partial charge in [-0.05, 0) is 31.0 Å². The maximum absolute atomic E-state index is 12.7. The topological polar surface area (TPSA) is 46.6 Å². The third-order valence-corrected chi connectivity index (χ3v) is 5.78. The Balaban J connectivity index is 2.47. The SMILES string of the molecule is COc1ccc(Cl)cc1S(=O)(=O)N1CCC[C@H]1CCl. The van der Waals surface area contributed by atoms with Gasteiger partial charge in [-0.3, -0.25) is 0 Å². The number of halogens is 2. The smallest absolute Gasteiger partial charge is 0.247 e. The van der Waals surface area contributed by atoms with Crippen LogP contribution < -0.4 is 4.74 Å². The Hall–Kier alpha value is -0.490. The van der Waals surface area contributed by atoms with E-state index in [0.29, 0.717) is 23.2 Å². The molecular formula is C12H15Cl2NO3S. The molecule has 1 atom stereocenters. The number of rotatable bonds is 4. The first-order valence-corrected chi connectivity index (χ1v) is 8.27. The zero-order chi connectivity index (χ0) is 14.0. The summed E-state index contributed by atoms with van der Waals surface area (Å²) in [6, 6.07) is 4.42. The standard InChI is InChI=1S/C12H15Cl2NO3S/c1-18-11-5-4-9(14)7-12(11)19(16,17)15-6-2-3-10(15)8-13/h4-5,7,10H,2-3,6,8H2,1H3/t10-/m0/s1. The number of benzene rings is 1. The summed E-state index contributed by atoms with van der Waals surface area (Å²) in [7, 11) is -2.19. The number of hydrogen-bond acceptors (Lipinski definition) is 3. The fraction of sp³-hybridized carbons (Fsp3) is 0.500. The van der Waals surface area contributed by atoms with Crippen LogP contribution in [0.2, 0.25) is 5.02 Å². The molecule has 1 fully saturated rings. The lowest BCUT2D eigenvalue weighted by atomic mass is 10.3. The van der Waals surface area contributed by atoms with Crippen molar-refractivity contribution in [3.05, 3.63) is 23.2 Å². The molecule has 0 amide bonds. The first kappa shape index (κ1) is 14.9. The van der Waals surface area contributed by atoms with Gasteiger partial charge in [-0.15, -0.1) is 11.6 Å². The summed E-state index contributed by atoms with van der Waals surface area (Å²) < 4.78 is 31.9. The van der Waals surface area contributed by atoms with Gasteiger partial charge in [-0.25, -0.2) is 8.42 Å². The highest BCUT2D eigenvalue weighted by molar-refractivity contribution is 7.89. The normalized spacial score (nSPS) is 20.7. The zero-order valence-corrected chi connectivity index (χ0v) is 12.8. The van der Waals surface area contributed by atoms with Crippen LogP contribution in [0.5, 0.6) is 5.75 Å². The van der Waals surface area contributed by atoms with Gasteiger partial charge in [0, 0.05) is 23.5 Å². The lowest BCUT2D eigenvalue weighted by Gasteiger charge is -2.23. The molecule has 106 valence electrons. The molecule has 0 bridgehead atoms. The fourth-order valence-electron chi connectivity index (χ4n) is 2.26. The van der Waals surface area contributed by atoms with Crippen LogP contribution in [-0.4, -0.2) is 38.3 Å². The van der Waals surface area contributed by atoms with E-state index in [2.05, 4.69) is 0 Å². The highest BCUT2D eigenvalue weighted by atomic mass is 35.5. The molecule has 7 heteroatoms. The van der Waals surface area contributed by atoms with Crippen LogP contribution in [0.15, 0.2) is 23.1 Å². The summed E-state index contributed by atoms with van der Waals surface area (Å²) in [4.78, 5) is 0.0968. The molecule has 1 aliphatic heterocycles. The highest BCUT2D eigenvalue weighted by Crippen LogP contribution is 2.33. The summed E-state index contributed by atoms with van der Waals surface area (Å²) in [6.07, 6.45) is 1.60. The molecule has 1 heterocycles. The van der Waals surface area contributed by atoms with Crippen LogP contribution in [-0.2, 0) is 10.0 Å². The molecule has 0 aromatic heterocycles. The quantitative estimate of drug-likeness (QED) is 0.800. The largest absolute Gasteiger partial charge is 0.495 e. The predicted molar refractivity (Wildman–Crippen MR) is 75.6 cm³/mol. The van der Waals surface area contributed by atoms with Crippen molar-refractivity contribution in [1.82, 2.24) is 4.31 Å². The molecule has 19 heavy (non-hydrogen) atoms. The molecule has 1 saturated heterocycles. The fourth-order valence-corrected chi connectivity index (χ4v) is 4.77. The van der Waals surface area contributed by atoms with Crippen LogP contribution >= 0.6 is 23.2 Å². The van der Waals surface area contributed by atoms with Crippen molar-refractivity contribution in [1.29, 1.82) is 0 Å². The van der Waals surface area contributed by atoms with Crippen LogP contribution in [0.3, 0.4) is 0 Å². The van der Waals surface area contributed by atoms with E-state index >= 15 is 0 Å². The summed E-state index contributed by atoms with van der Waals surface area (Å²) in [5.41, 5.74) is 0. The van der Waals surface area contributed by atoms with Gasteiger partial charge < -0.3 is 4.74 Å². The minimum atomic E-state index is -3.63. The highest BCUT2D eigenvalue weighted by Gasteiger charge is 2.36. The molecule has 0 unspecified atom stereocenters. The van der Waals surface area contributed by atoms with Gasteiger partial charge in [0.25, 0.3) is 0 Å². The summed E-state index contributed by atoms with van der Waals surface area (Å²) in [6.45, 7) is 0.482. The second-order valence-electron chi connectivity index (χ2n) is 4.36. The van der Waals surface area contributed by atoms with E-state index in [1.54, 1.807) is 12.1 Å². The van der Waals surface area contributed by atoms with E-state index in [1.165, 1.54) is 17.5 Å². The monoisotopic (exact) mass is 323 g/mol. The maximum Gasteiger partial charge on any atom is 0.247 e. The van der Waals surface area contributed by atoms with Gasteiger partial charge in [0.1, 0.15) is 10.6 Å². The van der Waals surface area contributed by atoms with E-state index in [4.69, 9.17) is 27.9 Å². The van der Waals surface area contributed by atoms with Crippen molar-refractivity contribution in [2.75, 3.05) is 19.5 Å². The minimum absolute atomic E-state index is 0.0968. The van der Waals surface area contributed by atoms with E-state index in [0.717, 1.165) is 12.8 Å². The van der Waals surface area contributed by atoms with Gasteiger partial charge in [0.2, 0.25) is 10.0 Å². The Morgan fingerprint density at radius 1 is 1.47 bits per heavy atom. The molecule has 2 rings (SSSR count). The number of sulfonamides is 1. The number of methoxy groups -OCH3 is 1. The third kappa shape index (κ3) is 2.84. The molecule has 0 N–H and O–H groups in total. The maximum atomic E-state index is 12.7. The molecule has 1 aromatic carbocycles. The van der Waals surface area contributed by atoms with E-state index in [-0.39, 0.29) is 10.9 Å². The summed E-state index contributed by atoms with van der Waals surface area (Å²) >= 11 is 11.7.